The molecule has 17 heavy (non-hydrogen) atoms. The van der Waals surface area contributed by atoms with Crippen LogP contribution in [-0.2, 0) is 0 Å². The fourth-order valence-corrected chi connectivity index (χ4v) is 1.71. The molecule has 0 saturated carbocycles. The average molecular weight is 296 g/mol. The lowest BCUT2D eigenvalue weighted by atomic mass is 10.3. The van der Waals surface area contributed by atoms with Crippen LogP contribution in [0.3, 0.4) is 0 Å². The van der Waals surface area contributed by atoms with Crippen molar-refractivity contribution >= 4 is 27.5 Å². The fourth-order valence-electron chi connectivity index (χ4n) is 1.35. The van der Waals surface area contributed by atoms with E-state index in [1.54, 1.807) is 25.3 Å². The molecular weight excluding hydrogens is 286 g/mol. The van der Waals surface area contributed by atoms with E-state index in [-0.39, 0.29) is 5.91 Å². The second kappa shape index (κ2) is 5.01. The third-order valence-electron chi connectivity index (χ3n) is 2.16. The van der Waals surface area contributed by atoms with Crippen LogP contribution in [0.15, 0.2) is 34.9 Å². The number of nitrogens with zero attached hydrogens (tertiary/aromatic N) is 1. The molecule has 6 heteroatoms. The molecule has 5 nitrogen and oxygen atoms in total. The van der Waals surface area contributed by atoms with Gasteiger partial charge >= 0.3 is 0 Å². The first-order valence-corrected chi connectivity index (χ1v) is 5.64. The minimum Gasteiger partial charge on any atom is -0.495 e. The number of carbonyl (C=O) groups excluding carboxylic acids is 1. The highest BCUT2D eigenvalue weighted by Crippen LogP contribution is 2.28. The van der Waals surface area contributed by atoms with E-state index in [0.717, 1.165) is 4.47 Å². The molecule has 0 radical (unpaired) electrons. The van der Waals surface area contributed by atoms with Crippen LogP contribution in [0.1, 0.15) is 10.5 Å². The summed E-state index contributed by atoms with van der Waals surface area (Å²) in [5.41, 5.74) is 0.994. The van der Waals surface area contributed by atoms with Gasteiger partial charge in [-0.3, -0.25) is 9.89 Å². The Hall–Kier alpha value is -1.82. The van der Waals surface area contributed by atoms with Crippen LogP contribution in [0, 0.1) is 0 Å². The number of anilines is 1. The predicted octanol–water partition coefficient (Wildman–Crippen LogP) is 2.43. The zero-order valence-electron chi connectivity index (χ0n) is 9.03. The maximum Gasteiger partial charge on any atom is 0.273 e. The summed E-state index contributed by atoms with van der Waals surface area (Å²) < 4.78 is 6.02. The van der Waals surface area contributed by atoms with Crippen LogP contribution in [0.5, 0.6) is 5.75 Å². The Morgan fingerprint density at radius 3 is 2.94 bits per heavy atom. The van der Waals surface area contributed by atoms with Crippen molar-refractivity contribution in [3.8, 4) is 5.75 Å². The lowest BCUT2D eigenvalue weighted by molar-refractivity contribution is 0.102. The first-order chi connectivity index (χ1) is 8.20. The number of aromatic amines is 1. The van der Waals surface area contributed by atoms with Crippen LogP contribution < -0.4 is 10.1 Å². The third kappa shape index (κ3) is 2.65. The Labute approximate surface area is 106 Å². The largest absolute Gasteiger partial charge is 0.495 e. The monoisotopic (exact) mass is 295 g/mol. The smallest absolute Gasteiger partial charge is 0.273 e. The quantitative estimate of drug-likeness (QED) is 0.914. The molecule has 0 aliphatic rings. The molecule has 0 atom stereocenters. The topological polar surface area (TPSA) is 67.0 Å². The van der Waals surface area contributed by atoms with Gasteiger partial charge in [0.25, 0.3) is 5.91 Å². The molecule has 2 N–H and O–H groups in total. The number of halogens is 1. The van der Waals surface area contributed by atoms with Crippen molar-refractivity contribution in [2.45, 2.75) is 0 Å². The summed E-state index contributed by atoms with van der Waals surface area (Å²) >= 11 is 3.34. The maximum absolute atomic E-state index is 11.8. The fraction of sp³-hybridized carbons (Fsp3) is 0.0909. The first kappa shape index (κ1) is 11.7. The third-order valence-corrected chi connectivity index (χ3v) is 2.65. The van der Waals surface area contributed by atoms with Gasteiger partial charge in [-0.15, -0.1) is 0 Å². The number of methoxy groups -OCH3 is 1. The van der Waals surface area contributed by atoms with Crippen LogP contribution in [0.25, 0.3) is 0 Å². The van der Waals surface area contributed by atoms with E-state index in [1.807, 2.05) is 6.07 Å². The molecule has 1 aromatic carbocycles. The molecular formula is C11H10BrN3O2. The highest BCUT2D eigenvalue weighted by molar-refractivity contribution is 9.10. The molecule has 0 spiro atoms. The van der Waals surface area contributed by atoms with Crippen molar-refractivity contribution in [2.24, 2.45) is 0 Å². The number of H-pyrrole nitrogens is 1. The van der Waals surface area contributed by atoms with E-state index >= 15 is 0 Å². The Bertz CT molecular complexity index is 526. The minimum atomic E-state index is -0.265. The number of amides is 1. The molecule has 1 aromatic heterocycles. The highest BCUT2D eigenvalue weighted by Gasteiger charge is 2.10. The van der Waals surface area contributed by atoms with E-state index in [9.17, 15) is 4.79 Å². The summed E-state index contributed by atoms with van der Waals surface area (Å²) in [6.07, 6.45) is 1.52. The van der Waals surface area contributed by atoms with Gasteiger partial charge in [-0.05, 0) is 24.3 Å². The van der Waals surface area contributed by atoms with Gasteiger partial charge in [0.1, 0.15) is 11.4 Å². The van der Waals surface area contributed by atoms with Crippen molar-refractivity contribution in [1.82, 2.24) is 10.2 Å². The van der Waals surface area contributed by atoms with Gasteiger partial charge in [0, 0.05) is 10.7 Å². The Balaban J connectivity index is 2.23. The van der Waals surface area contributed by atoms with Gasteiger partial charge < -0.3 is 10.1 Å². The second-order valence-electron chi connectivity index (χ2n) is 3.27. The van der Waals surface area contributed by atoms with Gasteiger partial charge in [-0.25, -0.2) is 0 Å². The molecule has 0 unspecified atom stereocenters. The van der Waals surface area contributed by atoms with Crippen LogP contribution in [-0.4, -0.2) is 23.2 Å². The van der Waals surface area contributed by atoms with Crippen molar-refractivity contribution in [2.75, 3.05) is 12.4 Å². The molecule has 0 saturated heterocycles. The normalized spacial score (nSPS) is 10.0. The minimum absolute atomic E-state index is 0.265. The molecule has 0 fully saturated rings. The Kier molecular flexibility index (Phi) is 3.43. The number of ether oxygens (including phenoxy) is 1. The standard InChI is InChI=1S/C11H10BrN3O2/c1-17-10-3-2-7(12)6-9(10)14-11(16)8-4-5-13-15-8/h2-6H,1H3,(H,13,15)(H,14,16). The predicted molar refractivity (Wildman–Crippen MR) is 67.2 cm³/mol. The van der Waals surface area contributed by atoms with Gasteiger partial charge in [-0.1, -0.05) is 15.9 Å². The Morgan fingerprint density at radius 1 is 1.47 bits per heavy atom. The summed E-state index contributed by atoms with van der Waals surface area (Å²) in [4.78, 5) is 11.8. The van der Waals surface area contributed by atoms with Crippen LogP contribution >= 0.6 is 15.9 Å². The molecule has 0 bridgehead atoms. The van der Waals surface area contributed by atoms with Crippen LogP contribution in [0.4, 0.5) is 5.69 Å². The van der Waals surface area contributed by atoms with E-state index in [0.29, 0.717) is 17.1 Å². The number of hydrogen-bond acceptors (Lipinski definition) is 3. The van der Waals surface area contributed by atoms with Crippen molar-refractivity contribution < 1.29 is 9.53 Å². The summed E-state index contributed by atoms with van der Waals surface area (Å²) in [5, 5.41) is 9.05. The highest BCUT2D eigenvalue weighted by atomic mass is 79.9. The summed E-state index contributed by atoms with van der Waals surface area (Å²) in [6, 6.07) is 6.98. The van der Waals surface area contributed by atoms with Crippen LogP contribution in [0.2, 0.25) is 0 Å². The molecule has 1 amide bonds. The molecule has 88 valence electrons. The molecule has 0 aliphatic heterocycles. The molecule has 1 heterocycles. The van der Waals surface area contributed by atoms with Crippen molar-refractivity contribution in [3.63, 3.8) is 0 Å². The SMILES string of the molecule is COc1ccc(Br)cc1NC(=O)c1ccn[nH]1. The average Bonchev–Trinajstić information content (AvgIpc) is 2.83. The number of rotatable bonds is 3. The van der Waals surface area contributed by atoms with Gasteiger partial charge in [-0.2, -0.15) is 5.10 Å². The molecule has 2 aromatic rings. The van der Waals surface area contributed by atoms with Gasteiger partial charge in [0.2, 0.25) is 0 Å². The van der Waals surface area contributed by atoms with E-state index in [4.69, 9.17) is 4.74 Å². The lowest BCUT2D eigenvalue weighted by Gasteiger charge is -2.09. The summed E-state index contributed by atoms with van der Waals surface area (Å²) in [5.74, 6) is 0.333. The van der Waals surface area contributed by atoms with E-state index < -0.39 is 0 Å². The summed E-state index contributed by atoms with van der Waals surface area (Å²) in [7, 11) is 1.55. The zero-order valence-corrected chi connectivity index (χ0v) is 10.6. The zero-order chi connectivity index (χ0) is 12.3. The second-order valence-corrected chi connectivity index (χ2v) is 4.18. The lowest BCUT2D eigenvalue weighted by Crippen LogP contribution is -2.13. The number of carbonyl (C=O) groups is 1. The number of benzene rings is 1. The summed E-state index contributed by atoms with van der Waals surface area (Å²) in [6.45, 7) is 0. The number of aromatic nitrogens is 2. The van der Waals surface area contributed by atoms with E-state index in [1.165, 1.54) is 6.20 Å². The Morgan fingerprint density at radius 2 is 2.29 bits per heavy atom. The number of nitrogens with one attached hydrogen (secondary N) is 2. The van der Waals surface area contributed by atoms with Gasteiger partial charge in [0.15, 0.2) is 0 Å². The van der Waals surface area contributed by atoms with Crippen molar-refractivity contribution in [3.05, 3.63) is 40.6 Å². The first-order valence-electron chi connectivity index (χ1n) is 4.85. The molecule has 2 rings (SSSR count). The van der Waals surface area contributed by atoms with Crippen molar-refractivity contribution in [1.29, 1.82) is 0 Å². The maximum atomic E-state index is 11.8. The van der Waals surface area contributed by atoms with E-state index in [2.05, 4.69) is 31.4 Å². The number of hydrogen-bond donors (Lipinski definition) is 2. The van der Waals surface area contributed by atoms with Gasteiger partial charge in [0.05, 0.1) is 12.8 Å². The molecule has 0 aliphatic carbocycles.